The monoisotopic (exact) mass is 277 g/mol. The Labute approximate surface area is 120 Å². The summed E-state index contributed by atoms with van der Waals surface area (Å²) in [4.78, 5) is 11.7. The largest absolute Gasteiger partial charge is 0.494 e. The third kappa shape index (κ3) is 6.22. The van der Waals surface area contributed by atoms with E-state index in [1.54, 1.807) is 12.1 Å². The molecule has 0 radical (unpaired) electrons. The van der Waals surface area contributed by atoms with Crippen LogP contribution < -0.4 is 15.5 Å². The normalized spacial score (nSPS) is 11.3. The Morgan fingerprint density at radius 1 is 1.30 bits per heavy atom. The van der Waals surface area contributed by atoms with Crippen LogP contribution in [-0.4, -0.2) is 18.3 Å². The molecular formula is C15H23N3O2. The molecule has 1 rings (SSSR count). The maximum Gasteiger partial charge on any atom is 0.339 e. The molecule has 0 aliphatic heterocycles. The number of carbonyl (C=O) groups is 1. The minimum atomic E-state index is -0.350. The van der Waals surface area contributed by atoms with Crippen LogP contribution in [0.25, 0.3) is 0 Å². The van der Waals surface area contributed by atoms with Crippen molar-refractivity contribution in [2.24, 2.45) is 11.0 Å². The summed E-state index contributed by atoms with van der Waals surface area (Å²) >= 11 is 0. The Hall–Kier alpha value is -2.04. The molecule has 0 unspecified atom stereocenters. The van der Waals surface area contributed by atoms with E-state index in [4.69, 9.17) is 4.74 Å². The van der Waals surface area contributed by atoms with Crippen LogP contribution >= 0.6 is 0 Å². The molecule has 1 aromatic rings. The second-order valence-electron chi connectivity index (χ2n) is 4.97. The van der Waals surface area contributed by atoms with E-state index in [1.165, 1.54) is 0 Å². The number of rotatable bonds is 6. The van der Waals surface area contributed by atoms with Gasteiger partial charge in [0.1, 0.15) is 5.75 Å². The summed E-state index contributed by atoms with van der Waals surface area (Å²) in [5, 5.41) is 6.74. The Kier molecular flexibility index (Phi) is 6.56. The second-order valence-corrected chi connectivity index (χ2v) is 4.97. The number of hydrogen-bond acceptors (Lipinski definition) is 3. The molecule has 0 fully saturated rings. The Morgan fingerprint density at radius 3 is 2.50 bits per heavy atom. The SMILES string of the molecule is CCOc1ccc(NC(=O)NN=C(C)CC(C)C)cc1. The van der Waals surface area contributed by atoms with E-state index in [2.05, 4.69) is 29.7 Å². The quantitative estimate of drug-likeness (QED) is 0.616. The van der Waals surface area contributed by atoms with Gasteiger partial charge in [0.25, 0.3) is 0 Å². The highest BCUT2D eigenvalue weighted by atomic mass is 16.5. The van der Waals surface area contributed by atoms with Crippen molar-refractivity contribution in [3.8, 4) is 5.75 Å². The molecule has 0 heterocycles. The molecular weight excluding hydrogens is 254 g/mol. The fourth-order valence-electron chi connectivity index (χ4n) is 1.74. The van der Waals surface area contributed by atoms with Crippen LogP contribution in [0.5, 0.6) is 5.75 Å². The molecule has 0 saturated heterocycles. The van der Waals surface area contributed by atoms with Crippen molar-refractivity contribution in [1.82, 2.24) is 5.43 Å². The number of ether oxygens (including phenoxy) is 1. The molecule has 0 spiro atoms. The molecule has 0 saturated carbocycles. The first-order chi connectivity index (χ1) is 9.51. The van der Waals surface area contributed by atoms with Gasteiger partial charge in [-0.3, -0.25) is 0 Å². The molecule has 0 aromatic heterocycles. The number of carbonyl (C=O) groups excluding carboxylic acids is 1. The van der Waals surface area contributed by atoms with Gasteiger partial charge in [-0.1, -0.05) is 13.8 Å². The zero-order valence-electron chi connectivity index (χ0n) is 12.6. The first kappa shape index (κ1) is 16.0. The molecule has 5 heteroatoms. The number of benzene rings is 1. The van der Waals surface area contributed by atoms with Crippen molar-refractivity contribution in [2.45, 2.75) is 34.1 Å². The van der Waals surface area contributed by atoms with Crippen LogP contribution in [0.4, 0.5) is 10.5 Å². The Bertz CT molecular complexity index is 453. The highest BCUT2D eigenvalue weighted by Gasteiger charge is 2.02. The van der Waals surface area contributed by atoms with Gasteiger partial charge in [0.15, 0.2) is 0 Å². The van der Waals surface area contributed by atoms with Crippen LogP contribution in [0.2, 0.25) is 0 Å². The molecule has 2 amide bonds. The van der Waals surface area contributed by atoms with Gasteiger partial charge in [0.05, 0.1) is 6.61 Å². The predicted octanol–water partition coefficient (Wildman–Crippen LogP) is 3.63. The number of hydrazone groups is 1. The molecule has 0 bridgehead atoms. The zero-order chi connectivity index (χ0) is 15.0. The average Bonchev–Trinajstić information content (AvgIpc) is 2.38. The number of urea groups is 1. The summed E-state index contributed by atoms with van der Waals surface area (Å²) in [5.74, 6) is 1.30. The highest BCUT2D eigenvalue weighted by Crippen LogP contribution is 2.15. The maximum absolute atomic E-state index is 11.7. The molecule has 1 aromatic carbocycles. The topological polar surface area (TPSA) is 62.7 Å². The zero-order valence-corrected chi connectivity index (χ0v) is 12.6. The van der Waals surface area contributed by atoms with Gasteiger partial charge in [0.2, 0.25) is 0 Å². The second kappa shape index (κ2) is 8.19. The van der Waals surface area contributed by atoms with Crippen molar-refractivity contribution >= 4 is 17.4 Å². The van der Waals surface area contributed by atoms with Gasteiger partial charge in [0, 0.05) is 11.4 Å². The van der Waals surface area contributed by atoms with Crippen molar-refractivity contribution in [1.29, 1.82) is 0 Å². The van der Waals surface area contributed by atoms with E-state index in [-0.39, 0.29) is 6.03 Å². The van der Waals surface area contributed by atoms with Crippen LogP contribution in [-0.2, 0) is 0 Å². The first-order valence-corrected chi connectivity index (χ1v) is 6.84. The minimum absolute atomic E-state index is 0.350. The van der Waals surface area contributed by atoms with Gasteiger partial charge >= 0.3 is 6.03 Å². The van der Waals surface area contributed by atoms with E-state index in [0.717, 1.165) is 17.9 Å². The van der Waals surface area contributed by atoms with E-state index in [0.29, 0.717) is 18.2 Å². The summed E-state index contributed by atoms with van der Waals surface area (Å²) in [6.45, 7) is 8.67. The van der Waals surface area contributed by atoms with E-state index >= 15 is 0 Å². The Morgan fingerprint density at radius 2 is 1.95 bits per heavy atom. The van der Waals surface area contributed by atoms with Crippen LogP contribution in [0.15, 0.2) is 29.4 Å². The first-order valence-electron chi connectivity index (χ1n) is 6.84. The van der Waals surface area contributed by atoms with Crippen LogP contribution in [0, 0.1) is 5.92 Å². The van der Waals surface area contributed by atoms with E-state index < -0.39 is 0 Å². The summed E-state index contributed by atoms with van der Waals surface area (Å²) in [6.07, 6.45) is 0.864. The maximum atomic E-state index is 11.7. The third-order valence-corrected chi connectivity index (χ3v) is 2.48. The third-order valence-electron chi connectivity index (χ3n) is 2.48. The van der Waals surface area contributed by atoms with Crippen molar-refractivity contribution in [2.75, 3.05) is 11.9 Å². The van der Waals surface area contributed by atoms with Crippen LogP contribution in [0.3, 0.4) is 0 Å². The lowest BCUT2D eigenvalue weighted by atomic mass is 10.1. The van der Waals surface area contributed by atoms with Crippen molar-refractivity contribution in [3.63, 3.8) is 0 Å². The van der Waals surface area contributed by atoms with Gasteiger partial charge in [-0.2, -0.15) is 5.10 Å². The summed E-state index contributed by atoms with van der Waals surface area (Å²) in [5.41, 5.74) is 4.08. The molecule has 0 atom stereocenters. The van der Waals surface area contributed by atoms with Gasteiger partial charge in [-0.25, -0.2) is 10.2 Å². The summed E-state index contributed by atoms with van der Waals surface area (Å²) < 4.78 is 5.33. The van der Waals surface area contributed by atoms with Crippen molar-refractivity contribution in [3.05, 3.63) is 24.3 Å². The predicted molar refractivity (Wildman–Crippen MR) is 82.3 cm³/mol. The molecule has 20 heavy (non-hydrogen) atoms. The standard InChI is InChI=1S/C15H23N3O2/c1-5-20-14-8-6-13(7-9-14)16-15(19)18-17-12(4)10-11(2)3/h6-9,11H,5,10H2,1-4H3,(H2,16,18,19). The smallest absolute Gasteiger partial charge is 0.339 e. The molecule has 0 aliphatic rings. The number of amides is 2. The molecule has 110 valence electrons. The number of nitrogens with one attached hydrogen (secondary N) is 2. The average molecular weight is 277 g/mol. The van der Waals surface area contributed by atoms with Crippen LogP contribution in [0.1, 0.15) is 34.1 Å². The molecule has 0 aliphatic carbocycles. The number of anilines is 1. The fraction of sp³-hybridized carbons (Fsp3) is 0.467. The summed E-state index contributed by atoms with van der Waals surface area (Å²) in [7, 11) is 0. The fourth-order valence-corrected chi connectivity index (χ4v) is 1.74. The van der Waals surface area contributed by atoms with Gasteiger partial charge in [-0.05, 0) is 50.5 Å². The summed E-state index contributed by atoms with van der Waals surface area (Å²) in [6, 6.07) is 6.85. The van der Waals surface area contributed by atoms with E-state index in [1.807, 2.05) is 26.0 Å². The van der Waals surface area contributed by atoms with E-state index in [9.17, 15) is 4.79 Å². The lowest BCUT2D eigenvalue weighted by Gasteiger charge is -2.07. The van der Waals surface area contributed by atoms with Gasteiger partial charge in [-0.15, -0.1) is 0 Å². The van der Waals surface area contributed by atoms with Crippen molar-refractivity contribution < 1.29 is 9.53 Å². The minimum Gasteiger partial charge on any atom is -0.494 e. The highest BCUT2D eigenvalue weighted by molar-refractivity contribution is 5.91. The lowest BCUT2D eigenvalue weighted by molar-refractivity contribution is 0.252. The number of nitrogens with zero attached hydrogens (tertiary/aromatic N) is 1. The molecule has 2 N–H and O–H groups in total. The van der Waals surface area contributed by atoms with Gasteiger partial charge < -0.3 is 10.1 Å². The number of hydrogen-bond donors (Lipinski definition) is 2. The molecule has 5 nitrogen and oxygen atoms in total. The lowest BCUT2D eigenvalue weighted by Crippen LogP contribution is -2.25. The Balaban J connectivity index is 2.45.